The zero-order valence-electron chi connectivity index (χ0n) is 9.28. The molecule has 0 atom stereocenters. The van der Waals surface area contributed by atoms with E-state index in [0.29, 0.717) is 10.1 Å². The molecule has 0 aromatic heterocycles. The molecule has 0 fully saturated rings. The normalized spacial score (nSPS) is 9.89. The highest BCUT2D eigenvalue weighted by Crippen LogP contribution is 2.18. The molecule has 18 heavy (non-hydrogen) atoms. The number of halogens is 2. The predicted octanol–water partition coefficient (Wildman–Crippen LogP) is 4.75. The van der Waals surface area contributed by atoms with Crippen LogP contribution in [0.2, 0.25) is 5.02 Å². The van der Waals surface area contributed by atoms with Crippen molar-refractivity contribution >= 4 is 62.9 Å². The van der Waals surface area contributed by atoms with Crippen molar-refractivity contribution < 1.29 is 0 Å². The Morgan fingerprint density at radius 2 is 1.67 bits per heavy atom. The highest BCUT2D eigenvalue weighted by atomic mass is 127. The van der Waals surface area contributed by atoms with Crippen molar-refractivity contribution in [1.29, 1.82) is 0 Å². The quantitative estimate of drug-likeness (QED) is 0.573. The molecule has 0 aliphatic carbocycles. The van der Waals surface area contributed by atoms with Crippen LogP contribution in [0.15, 0.2) is 48.5 Å². The first-order valence-corrected chi connectivity index (χ1v) is 7.10. The van der Waals surface area contributed by atoms with Gasteiger partial charge in [-0.25, -0.2) is 0 Å². The Kier molecular flexibility index (Phi) is 4.79. The van der Waals surface area contributed by atoms with Gasteiger partial charge in [0.05, 0.1) is 5.69 Å². The monoisotopic (exact) mass is 388 g/mol. The second kappa shape index (κ2) is 6.36. The molecule has 0 amide bonds. The van der Waals surface area contributed by atoms with Gasteiger partial charge in [-0.1, -0.05) is 23.7 Å². The second-order valence-corrected chi connectivity index (χ2v) is 5.57. The summed E-state index contributed by atoms with van der Waals surface area (Å²) in [4.78, 5) is 0. The summed E-state index contributed by atoms with van der Waals surface area (Å²) in [5.41, 5.74) is 1.90. The summed E-state index contributed by atoms with van der Waals surface area (Å²) in [6, 6.07) is 15.4. The number of hydrogen-bond acceptors (Lipinski definition) is 1. The third-order valence-corrected chi connectivity index (χ3v) is 3.62. The average Bonchev–Trinajstić information content (AvgIpc) is 2.35. The fourth-order valence-corrected chi connectivity index (χ4v) is 2.26. The van der Waals surface area contributed by atoms with Crippen molar-refractivity contribution in [3.63, 3.8) is 0 Å². The Hall–Kier alpha value is -0.850. The van der Waals surface area contributed by atoms with E-state index in [4.69, 9.17) is 23.8 Å². The molecular weight excluding hydrogens is 379 g/mol. The van der Waals surface area contributed by atoms with Gasteiger partial charge in [-0.05, 0) is 71.2 Å². The summed E-state index contributed by atoms with van der Waals surface area (Å²) < 4.78 is 1.12. The molecule has 0 spiro atoms. The molecule has 92 valence electrons. The molecule has 5 heteroatoms. The Morgan fingerprint density at radius 1 is 1.00 bits per heavy atom. The van der Waals surface area contributed by atoms with E-state index < -0.39 is 0 Å². The van der Waals surface area contributed by atoms with Crippen LogP contribution in [0.5, 0.6) is 0 Å². The number of nitrogens with one attached hydrogen (secondary N) is 2. The van der Waals surface area contributed by atoms with Crippen LogP contribution in [0, 0.1) is 3.57 Å². The molecule has 2 N–H and O–H groups in total. The van der Waals surface area contributed by atoms with Gasteiger partial charge in [-0.3, -0.25) is 0 Å². The largest absolute Gasteiger partial charge is 0.332 e. The van der Waals surface area contributed by atoms with Crippen molar-refractivity contribution in [2.75, 3.05) is 10.6 Å². The van der Waals surface area contributed by atoms with Crippen molar-refractivity contribution in [2.24, 2.45) is 0 Å². The lowest BCUT2D eigenvalue weighted by molar-refractivity contribution is 1.57. The number of rotatable bonds is 2. The van der Waals surface area contributed by atoms with Gasteiger partial charge in [-0.2, -0.15) is 0 Å². The number of benzene rings is 2. The zero-order valence-corrected chi connectivity index (χ0v) is 13.0. The van der Waals surface area contributed by atoms with E-state index in [9.17, 15) is 0 Å². The van der Waals surface area contributed by atoms with Crippen LogP contribution < -0.4 is 10.6 Å². The first-order valence-electron chi connectivity index (χ1n) is 5.23. The number of anilines is 2. The molecule has 0 radical (unpaired) electrons. The van der Waals surface area contributed by atoms with E-state index in [2.05, 4.69) is 33.2 Å². The summed E-state index contributed by atoms with van der Waals surface area (Å²) in [5.74, 6) is 0. The minimum atomic E-state index is 0.557. The van der Waals surface area contributed by atoms with E-state index in [1.165, 1.54) is 0 Å². The smallest absolute Gasteiger partial charge is 0.175 e. The van der Waals surface area contributed by atoms with Gasteiger partial charge in [0.1, 0.15) is 0 Å². The Balaban J connectivity index is 2.01. The summed E-state index contributed by atoms with van der Waals surface area (Å²) in [5, 5.41) is 7.52. The molecular formula is C13H10ClIN2S. The topological polar surface area (TPSA) is 24.1 Å². The summed E-state index contributed by atoms with van der Waals surface area (Å²) in [7, 11) is 0. The van der Waals surface area contributed by atoms with E-state index >= 15 is 0 Å². The number of thiocarbonyl (C=S) groups is 1. The highest BCUT2D eigenvalue weighted by molar-refractivity contribution is 14.1. The average molecular weight is 389 g/mol. The lowest BCUT2D eigenvalue weighted by Crippen LogP contribution is -2.19. The van der Waals surface area contributed by atoms with E-state index in [0.717, 1.165) is 14.9 Å². The van der Waals surface area contributed by atoms with Gasteiger partial charge in [0.25, 0.3) is 0 Å². The zero-order chi connectivity index (χ0) is 13.0. The molecule has 0 saturated heterocycles. The van der Waals surface area contributed by atoms with Gasteiger partial charge in [0.15, 0.2) is 5.11 Å². The Bertz CT molecular complexity index is 557. The van der Waals surface area contributed by atoms with Gasteiger partial charge >= 0.3 is 0 Å². The van der Waals surface area contributed by atoms with Gasteiger partial charge in [0.2, 0.25) is 0 Å². The maximum Gasteiger partial charge on any atom is 0.175 e. The Labute approximate surface area is 130 Å². The highest BCUT2D eigenvalue weighted by Gasteiger charge is 2.01. The fraction of sp³-hybridized carbons (Fsp3) is 0. The fourth-order valence-electron chi connectivity index (χ4n) is 1.38. The van der Waals surface area contributed by atoms with Crippen LogP contribution in [0.4, 0.5) is 11.4 Å². The molecule has 0 saturated carbocycles. The van der Waals surface area contributed by atoms with E-state index in [1.54, 1.807) is 0 Å². The minimum Gasteiger partial charge on any atom is -0.332 e. The lowest BCUT2D eigenvalue weighted by Gasteiger charge is -2.11. The number of para-hydroxylation sites is 1. The van der Waals surface area contributed by atoms with Gasteiger partial charge in [0, 0.05) is 14.3 Å². The van der Waals surface area contributed by atoms with E-state index in [1.807, 2.05) is 48.5 Å². The van der Waals surface area contributed by atoms with Crippen molar-refractivity contribution in [1.82, 2.24) is 0 Å². The van der Waals surface area contributed by atoms with Crippen LogP contribution in [0.3, 0.4) is 0 Å². The Morgan fingerprint density at radius 3 is 2.33 bits per heavy atom. The first-order chi connectivity index (χ1) is 8.65. The second-order valence-electron chi connectivity index (χ2n) is 3.57. The van der Waals surface area contributed by atoms with Gasteiger partial charge in [-0.15, -0.1) is 0 Å². The lowest BCUT2D eigenvalue weighted by atomic mass is 10.3. The SMILES string of the molecule is S=C(Nc1ccc(Cl)cc1)Nc1ccccc1I. The molecule has 2 aromatic rings. The molecule has 0 heterocycles. The molecule has 0 aliphatic heterocycles. The molecule has 0 aliphatic rings. The van der Waals surface area contributed by atoms with Crippen molar-refractivity contribution in [3.05, 3.63) is 57.1 Å². The molecule has 2 rings (SSSR count). The first kappa shape index (κ1) is 13.6. The third kappa shape index (κ3) is 3.83. The van der Waals surface area contributed by atoms with Crippen molar-refractivity contribution in [2.45, 2.75) is 0 Å². The molecule has 0 bridgehead atoms. The van der Waals surface area contributed by atoms with Crippen LogP contribution in [0.1, 0.15) is 0 Å². The predicted molar refractivity (Wildman–Crippen MR) is 90.5 cm³/mol. The van der Waals surface area contributed by atoms with Crippen LogP contribution in [0.25, 0.3) is 0 Å². The summed E-state index contributed by atoms with van der Waals surface area (Å²) in [6.45, 7) is 0. The third-order valence-electron chi connectivity index (χ3n) is 2.22. The van der Waals surface area contributed by atoms with E-state index in [-0.39, 0.29) is 0 Å². The van der Waals surface area contributed by atoms with Crippen molar-refractivity contribution in [3.8, 4) is 0 Å². The maximum atomic E-state index is 5.82. The summed E-state index contributed by atoms with van der Waals surface area (Å²) >= 11 is 13.3. The minimum absolute atomic E-state index is 0.557. The molecule has 2 aromatic carbocycles. The number of hydrogen-bond donors (Lipinski definition) is 2. The molecule has 2 nitrogen and oxygen atoms in total. The van der Waals surface area contributed by atoms with Crippen LogP contribution in [-0.2, 0) is 0 Å². The van der Waals surface area contributed by atoms with Gasteiger partial charge < -0.3 is 10.6 Å². The molecule has 0 unspecified atom stereocenters. The summed E-state index contributed by atoms with van der Waals surface area (Å²) in [6.07, 6.45) is 0. The van der Waals surface area contributed by atoms with Crippen LogP contribution >= 0.6 is 46.4 Å². The van der Waals surface area contributed by atoms with Crippen LogP contribution in [-0.4, -0.2) is 5.11 Å². The standard InChI is InChI=1S/C13H10ClIN2S/c14-9-5-7-10(8-6-9)16-13(18)17-12-4-2-1-3-11(12)15/h1-8H,(H2,16,17,18). The maximum absolute atomic E-state index is 5.82.